The molecule has 0 bridgehead atoms. The summed E-state index contributed by atoms with van der Waals surface area (Å²) in [5.74, 6) is 0.869. The largest absolute Gasteiger partial charge is 0.497 e. The smallest absolute Gasteiger partial charge is 0.417 e. The van der Waals surface area contributed by atoms with Crippen LogP contribution in [-0.4, -0.2) is 16.7 Å². The van der Waals surface area contributed by atoms with E-state index in [1.807, 2.05) is 12.1 Å². The van der Waals surface area contributed by atoms with Crippen LogP contribution in [0, 0.1) is 0 Å². The molecular weight excluding hydrogens is 317 g/mol. The van der Waals surface area contributed by atoms with E-state index in [2.05, 4.69) is 4.98 Å². The maximum atomic E-state index is 12.7. The van der Waals surface area contributed by atoms with Crippen LogP contribution in [-0.2, 0) is 6.18 Å². The van der Waals surface area contributed by atoms with Crippen LogP contribution in [0.25, 0.3) is 16.7 Å². The fraction of sp³-hybridized carbons (Fsp3) is 0.133. The first-order valence-electron chi connectivity index (χ1n) is 6.28. The number of ether oxygens (including phenoxy) is 1. The van der Waals surface area contributed by atoms with E-state index < -0.39 is 11.7 Å². The summed E-state index contributed by atoms with van der Waals surface area (Å²) in [5.41, 5.74) is -0.135. The molecule has 0 aliphatic carbocycles. The van der Waals surface area contributed by atoms with E-state index in [4.69, 9.17) is 16.3 Å². The molecule has 7 heteroatoms. The summed E-state index contributed by atoms with van der Waals surface area (Å²) in [6.45, 7) is 0. The highest BCUT2D eigenvalue weighted by Gasteiger charge is 2.31. The fourth-order valence-corrected chi connectivity index (χ4v) is 2.44. The molecule has 22 heavy (non-hydrogen) atoms. The maximum absolute atomic E-state index is 12.7. The number of halogens is 4. The Bertz CT molecular complexity index is 842. The van der Waals surface area contributed by atoms with Gasteiger partial charge < -0.3 is 4.74 Å². The van der Waals surface area contributed by atoms with Gasteiger partial charge in [0, 0.05) is 23.8 Å². The topological polar surface area (TPSA) is 27.1 Å². The minimum atomic E-state index is -4.48. The van der Waals surface area contributed by atoms with Crippen molar-refractivity contribution in [2.75, 3.05) is 7.11 Å². The van der Waals surface area contributed by atoms with Crippen molar-refractivity contribution in [3.63, 3.8) is 0 Å². The average Bonchev–Trinajstić information content (AvgIpc) is 2.89. The normalized spacial score (nSPS) is 11.9. The van der Waals surface area contributed by atoms with Gasteiger partial charge in [-0.15, -0.1) is 0 Å². The van der Waals surface area contributed by atoms with E-state index in [1.165, 1.54) is 7.11 Å². The minimum Gasteiger partial charge on any atom is -0.497 e. The van der Waals surface area contributed by atoms with Gasteiger partial charge in [0.25, 0.3) is 0 Å². The molecule has 0 saturated carbocycles. The third kappa shape index (κ3) is 2.50. The van der Waals surface area contributed by atoms with E-state index >= 15 is 0 Å². The molecule has 1 aromatic carbocycles. The third-order valence-corrected chi connectivity index (χ3v) is 3.56. The first-order valence-corrected chi connectivity index (χ1v) is 6.66. The van der Waals surface area contributed by atoms with Crippen molar-refractivity contribution >= 4 is 22.5 Å². The highest BCUT2D eigenvalue weighted by molar-refractivity contribution is 6.32. The van der Waals surface area contributed by atoms with Crippen molar-refractivity contribution in [2.45, 2.75) is 6.18 Å². The SMILES string of the molecule is COc1ccc2ccn(-c3ncc(C(F)(F)F)cc3Cl)c2c1. The van der Waals surface area contributed by atoms with Crippen LogP contribution in [0.4, 0.5) is 13.2 Å². The lowest BCUT2D eigenvalue weighted by Crippen LogP contribution is -2.07. The predicted octanol–water partition coefficient (Wildman–Crippen LogP) is 4.71. The van der Waals surface area contributed by atoms with Crippen LogP contribution in [0.3, 0.4) is 0 Å². The van der Waals surface area contributed by atoms with Crippen molar-refractivity contribution in [3.8, 4) is 11.6 Å². The number of aromatic nitrogens is 2. The van der Waals surface area contributed by atoms with Gasteiger partial charge in [0.05, 0.1) is 23.2 Å². The molecule has 0 unspecified atom stereocenters. The Labute approximate surface area is 128 Å². The predicted molar refractivity (Wildman–Crippen MR) is 77.6 cm³/mol. The molecule has 2 heterocycles. The summed E-state index contributed by atoms with van der Waals surface area (Å²) in [5, 5.41) is 0.828. The van der Waals surface area contributed by atoms with Gasteiger partial charge in [-0.25, -0.2) is 4.98 Å². The minimum absolute atomic E-state index is 0.0739. The van der Waals surface area contributed by atoms with E-state index in [0.717, 1.165) is 23.2 Å². The van der Waals surface area contributed by atoms with Crippen molar-refractivity contribution in [3.05, 3.63) is 53.3 Å². The van der Waals surface area contributed by atoms with Crippen LogP contribution >= 0.6 is 11.6 Å². The van der Waals surface area contributed by atoms with Crippen molar-refractivity contribution < 1.29 is 17.9 Å². The molecule has 3 nitrogen and oxygen atoms in total. The van der Waals surface area contributed by atoms with Crippen molar-refractivity contribution in [1.29, 1.82) is 0 Å². The molecule has 114 valence electrons. The summed E-state index contributed by atoms with van der Waals surface area (Å²) in [4.78, 5) is 3.86. The van der Waals surface area contributed by atoms with E-state index in [1.54, 1.807) is 22.9 Å². The molecule has 0 aliphatic rings. The van der Waals surface area contributed by atoms with Crippen LogP contribution in [0.2, 0.25) is 5.02 Å². The molecule has 0 amide bonds. The summed E-state index contributed by atoms with van der Waals surface area (Å²) < 4.78 is 44.8. The van der Waals surface area contributed by atoms with Gasteiger partial charge in [0.2, 0.25) is 0 Å². The molecular formula is C15H10ClF3N2O. The zero-order valence-electron chi connectivity index (χ0n) is 11.4. The first kappa shape index (κ1) is 14.7. The van der Waals surface area contributed by atoms with Gasteiger partial charge in [-0.2, -0.15) is 13.2 Å². The van der Waals surface area contributed by atoms with Crippen LogP contribution in [0.1, 0.15) is 5.56 Å². The summed E-state index contributed by atoms with van der Waals surface area (Å²) in [7, 11) is 1.54. The number of methoxy groups -OCH3 is 1. The number of rotatable bonds is 2. The highest BCUT2D eigenvalue weighted by Crippen LogP contribution is 2.33. The molecule has 0 N–H and O–H groups in total. The average molecular weight is 327 g/mol. The standard InChI is InChI=1S/C15H10ClF3N2O/c1-22-11-3-2-9-4-5-21(13(9)7-11)14-12(16)6-10(8-20-14)15(17,18)19/h2-8H,1H3. The van der Waals surface area contributed by atoms with Crippen molar-refractivity contribution in [2.24, 2.45) is 0 Å². The monoisotopic (exact) mass is 326 g/mol. The number of fused-ring (bicyclic) bond motifs is 1. The number of benzene rings is 1. The van der Waals surface area contributed by atoms with Gasteiger partial charge in [0.1, 0.15) is 5.75 Å². The maximum Gasteiger partial charge on any atom is 0.417 e. The Morgan fingerprint density at radius 1 is 1.18 bits per heavy atom. The molecule has 0 radical (unpaired) electrons. The Kier molecular flexibility index (Phi) is 3.48. The summed E-state index contributed by atoms with van der Waals surface area (Å²) in [6, 6.07) is 8.11. The highest BCUT2D eigenvalue weighted by atomic mass is 35.5. The van der Waals surface area contributed by atoms with Crippen LogP contribution in [0.5, 0.6) is 5.75 Å². The second-order valence-electron chi connectivity index (χ2n) is 4.64. The quantitative estimate of drug-likeness (QED) is 0.682. The molecule has 2 aromatic heterocycles. The number of hydrogen-bond acceptors (Lipinski definition) is 2. The number of pyridine rings is 1. The number of hydrogen-bond donors (Lipinski definition) is 0. The Hall–Kier alpha value is -2.21. The van der Waals surface area contributed by atoms with Gasteiger partial charge >= 0.3 is 6.18 Å². The number of alkyl halides is 3. The van der Waals surface area contributed by atoms with E-state index in [-0.39, 0.29) is 10.8 Å². The van der Waals surface area contributed by atoms with Crippen molar-refractivity contribution in [1.82, 2.24) is 9.55 Å². The van der Waals surface area contributed by atoms with E-state index in [9.17, 15) is 13.2 Å². The van der Waals surface area contributed by atoms with Crippen LogP contribution < -0.4 is 4.74 Å². The second kappa shape index (κ2) is 5.21. The van der Waals surface area contributed by atoms with Gasteiger partial charge in [-0.3, -0.25) is 4.57 Å². The molecule has 0 aliphatic heterocycles. The second-order valence-corrected chi connectivity index (χ2v) is 5.04. The van der Waals surface area contributed by atoms with Crippen LogP contribution in [0.15, 0.2) is 42.7 Å². The van der Waals surface area contributed by atoms with E-state index in [0.29, 0.717) is 5.75 Å². The third-order valence-electron chi connectivity index (χ3n) is 3.28. The fourth-order valence-electron chi connectivity index (χ4n) is 2.18. The Morgan fingerprint density at radius 3 is 2.59 bits per heavy atom. The summed E-state index contributed by atoms with van der Waals surface area (Å²) in [6.07, 6.45) is -2.00. The zero-order chi connectivity index (χ0) is 15.9. The summed E-state index contributed by atoms with van der Waals surface area (Å²) >= 11 is 5.99. The lowest BCUT2D eigenvalue weighted by atomic mass is 10.2. The molecule has 3 rings (SSSR count). The van der Waals surface area contributed by atoms with Gasteiger partial charge in [0.15, 0.2) is 5.82 Å². The lowest BCUT2D eigenvalue weighted by molar-refractivity contribution is -0.137. The number of nitrogens with zero attached hydrogens (tertiary/aromatic N) is 2. The first-order chi connectivity index (χ1) is 10.4. The molecule has 3 aromatic rings. The zero-order valence-corrected chi connectivity index (χ0v) is 12.1. The van der Waals surface area contributed by atoms with Gasteiger partial charge in [-0.1, -0.05) is 11.6 Å². The van der Waals surface area contributed by atoms with Gasteiger partial charge in [-0.05, 0) is 24.3 Å². The molecule has 0 saturated heterocycles. The lowest BCUT2D eigenvalue weighted by Gasteiger charge is -2.11. The Morgan fingerprint density at radius 2 is 1.95 bits per heavy atom. The molecule has 0 fully saturated rings. The Balaban J connectivity index is 2.15. The molecule has 0 atom stereocenters. The molecule has 0 spiro atoms.